The quantitative estimate of drug-likeness (QED) is 0.658. The molecule has 7 heteroatoms. The minimum absolute atomic E-state index is 0.0680. The first kappa shape index (κ1) is 16.2. The average Bonchev–Trinajstić information content (AvgIpc) is 3.15. The number of Topliss-reactive ketones (excluding diaryl/α,β-unsaturated/α-hetero) is 1. The molecule has 2 aliphatic carbocycles. The van der Waals surface area contributed by atoms with Crippen molar-refractivity contribution in [1.82, 2.24) is 4.90 Å². The summed E-state index contributed by atoms with van der Waals surface area (Å²) >= 11 is 0. The molecule has 0 aromatic rings. The van der Waals surface area contributed by atoms with E-state index >= 15 is 0 Å². The van der Waals surface area contributed by atoms with Crippen molar-refractivity contribution in [3.05, 3.63) is 0 Å². The van der Waals surface area contributed by atoms with Gasteiger partial charge in [0.25, 0.3) is 0 Å². The van der Waals surface area contributed by atoms with E-state index in [1.807, 2.05) is 0 Å². The number of aliphatic hydroxyl groups excluding tert-OH is 2. The summed E-state index contributed by atoms with van der Waals surface area (Å²) in [5, 5.41) is 20.4. The number of amides is 2. The predicted molar refractivity (Wildman–Crippen MR) is 80.5 cm³/mol. The highest BCUT2D eigenvalue weighted by molar-refractivity contribution is 6.06. The number of imide groups is 1. The zero-order valence-corrected chi connectivity index (χ0v) is 13.5. The number of nitrogens with zero attached hydrogens (tertiary/aromatic N) is 1. The van der Waals surface area contributed by atoms with E-state index in [4.69, 9.17) is 4.74 Å². The van der Waals surface area contributed by atoms with E-state index in [2.05, 4.69) is 0 Å². The number of hydrogen-bond donors (Lipinski definition) is 2. The second kappa shape index (κ2) is 5.89. The third kappa shape index (κ3) is 2.33. The molecule has 2 aliphatic heterocycles. The van der Waals surface area contributed by atoms with Gasteiger partial charge in [0.1, 0.15) is 5.78 Å². The average molecular weight is 337 g/mol. The number of ether oxygens (including phenoxy) is 1. The van der Waals surface area contributed by atoms with Crippen molar-refractivity contribution in [2.45, 2.75) is 50.4 Å². The molecular weight excluding hydrogens is 314 g/mol. The van der Waals surface area contributed by atoms with Gasteiger partial charge < -0.3 is 14.9 Å². The van der Waals surface area contributed by atoms with Gasteiger partial charge in [-0.1, -0.05) is 0 Å². The van der Waals surface area contributed by atoms with Crippen LogP contribution in [0.15, 0.2) is 0 Å². The molecule has 2 heterocycles. The fraction of sp³-hybridized carbons (Fsp3) is 0.824. The maximum absolute atomic E-state index is 12.9. The van der Waals surface area contributed by atoms with E-state index < -0.39 is 35.9 Å². The van der Waals surface area contributed by atoms with Crippen LogP contribution in [0.4, 0.5) is 0 Å². The summed E-state index contributed by atoms with van der Waals surface area (Å²) in [5.74, 6) is -2.86. The zero-order chi connectivity index (χ0) is 17.0. The van der Waals surface area contributed by atoms with Crippen molar-refractivity contribution < 1.29 is 29.3 Å². The molecule has 2 saturated carbocycles. The van der Waals surface area contributed by atoms with Crippen LogP contribution in [0.3, 0.4) is 0 Å². The fourth-order valence-electron chi connectivity index (χ4n) is 5.08. The lowest BCUT2D eigenvalue weighted by molar-refractivity contribution is -0.156. The molecule has 4 aliphatic rings. The number of aliphatic hydroxyl groups is 2. The third-order valence-corrected chi connectivity index (χ3v) is 6.26. The van der Waals surface area contributed by atoms with E-state index in [0.29, 0.717) is 19.4 Å². The van der Waals surface area contributed by atoms with Gasteiger partial charge in [-0.25, -0.2) is 0 Å². The number of fused-ring (bicyclic) bond motifs is 3. The van der Waals surface area contributed by atoms with Gasteiger partial charge in [-0.15, -0.1) is 0 Å². The van der Waals surface area contributed by atoms with E-state index in [9.17, 15) is 24.6 Å². The van der Waals surface area contributed by atoms with Gasteiger partial charge in [-0.2, -0.15) is 0 Å². The summed E-state index contributed by atoms with van der Waals surface area (Å²) in [6, 6.07) is 0. The van der Waals surface area contributed by atoms with Crippen LogP contribution in [-0.4, -0.2) is 64.2 Å². The highest BCUT2D eigenvalue weighted by Gasteiger charge is 2.60. The van der Waals surface area contributed by atoms with Crippen LogP contribution in [0, 0.1) is 23.7 Å². The number of ketones is 1. The molecule has 0 aromatic heterocycles. The number of likely N-dealkylation sites (tertiary alicyclic amines) is 1. The minimum atomic E-state index is -1.15. The Morgan fingerprint density at radius 3 is 2.50 bits per heavy atom. The summed E-state index contributed by atoms with van der Waals surface area (Å²) < 4.78 is 5.54. The van der Waals surface area contributed by atoms with Gasteiger partial charge in [0.15, 0.2) is 0 Å². The Bertz CT molecular complexity index is 571. The van der Waals surface area contributed by atoms with Crippen LogP contribution >= 0.6 is 0 Å². The standard InChI is InChI=1S/C17H23NO6/c19-11-6-12(20)15(21)13-9(11)3-4-10-14(13)17(23)18(16(10)22)7-8-2-1-5-24-8/h8-10,12-15,20-21H,1-7H2/t8-,9+,10+,12+,13-,14+,15?/m0/s1. The Morgan fingerprint density at radius 1 is 1.04 bits per heavy atom. The lowest BCUT2D eigenvalue weighted by atomic mass is 9.60. The zero-order valence-electron chi connectivity index (χ0n) is 13.5. The summed E-state index contributed by atoms with van der Waals surface area (Å²) in [4.78, 5) is 39.1. The van der Waals surface area contributed by atoms with E-state index in [1.54, 1.807) is 0 Å². The third-order valence-electron chi connectivity index (χ3n) is 6.26. The molecule has 0 bridgehead atoms. The highest BCUT2D eigenvalue weighted by atomic mass is 16.5. The molecule has 132 valence electrons. The second-order valence-corrected chi connectivity index (χ2v) is 7.54. The molecule has 2 amide bonds. The van der Waals surface area contributed by atoms with E-state index in [-0.39, 0.29) is 36.7 Å². The van der Waals surface area contributed by atoms with Crippen LogP contribution in [-0.2, 0) is 19.1 Å². The molecule has 7 atom stereocenters. The molecule has 0 spiro atoms. The summed E-state index contributed by atoms with van der Waals surface area (Å²) in [6.07, 6.45) is 0.302. The van der Waals surface area contributed by atoms with Crippen LogP contribution in [0.5, 0.6) is 0 Å². The normalized spacial score (nSPS) is 45.5. The van der Waals surface area contributed by atoms with Crippen LogP contribution in [0.2, 0.25) is 0 Å². The number of hydrogen-bond acceptors (Lipinski definition) is 6. The predicted octanol–water partition coefficient (Wildman–Crippen LogP) is -0.513. The van der Waals surface area contributed by atoms with Crippen molar-refractivity contribution in [3.63, 3.8) is 0 Å². The Kier molecular flexibility index (Phi) is 3.97. The van der Waals surface area contributed by atoms with E-state index in [0.717, 1.165) is 12.8 Å². The van der Waals surface area contributed by atoms with Gasteiger partial charge in [0, 0.05) is 24.9 Å². The first-order chi connectivity index (χ1) is 11.5. The number of carbonyl (C=O) groups is 3. The number of carbonyl (C=O) groups excluding carboxylic acids is 3. The van der Waals surface area contributed by atoms with Crippen molar-refractivity contribution in [3.8, 4) is 0 Å². The Labute approximate surface area is 140 Å². The highest BCUT2D eigenvalue weighted by Crippen LogP contribution is 2.49. The first-order valence-corrected chi connectivity index (χ1v) is 8.84. The largest absolute Gasteiger partial charge is 0.390 e. The summed E-state index contributed by atoms with van der Waals surface area (Å²) in [5.41, 5.74) is 0. The molecule has 4 rings (SSSR count). The smallest absolute Gasteiger partial charge is 0.233 e. The molecule has 2 N–H and O–H groups in total. The van der Waals surface area contributed by atoms with Crippen molar-refractivity contribution in [1.29, 1.82) is 0 Å². The maximum atomic E-state index is 12.9. The SMILES string of the molecule is O=C1C[C@@H](O)C(O)[C@@H]2[C@@H]3C(=O)N(C[C@@H]4CCCO4)C(=O)[C@@H]3CC[C@H]12. The molecule has 0 aromatic carbocycles. The summed E-state index contributed by atoms with van der Waals surface area (Å²) in [6.45, 7) is 0.909. The van der Waals surface area contributed by atoms with Crippen LogP contribution in [0.1, 0.15) is 32.1 Å². The maximum Gasteiger partial charge on any atom is 0.233 e. The van der Waals surface area contributed by atoms with Crippen LogP contribution in [0.25, 0.3) is 0 Å². The van der Waals surface area contributed by atoms with Gasteiger partial charge in [0.2, 0.25) is 11.8 Å². The molecule has 7 nitrogen and oxygen atoms in total. The second-order valence-electron chi connectivity index (χ2n) is 7.54. The Balaban J connectivity index is 1.60. The fourth-order valence-corrected chi connectivity index (χ4v) is 5.08. The van der Waals surface area contributed by atoms with Gasteiger partial charge in [0.05, 0.1) is 36.7 Å². The van der Waals surface area contributed by atoms with Crippen molar-refractivity contribution in [2.75, 3.05) is 13.2 Å². The first-order valence-electron chi connectivity index (χ1n) is 8.84. The molecule has 24 heavy (non-hydrogen) atoms. The molecule has 2 saturated heterocycles. The molecule has 4 fully saturated rings. The Hall–Kier alpha value is -1.31. The summed E-state index contributed by atoms with van der Waals surface area (Å²) in [7, 11) is 0. The minimum Gasteiger partial charge on any atom is -0.390 e. The van der Waals surface area contributed by atoms with Crippen molar-refractivity contribution >= 4 is 17.6 Å². The Morgan fingerprint density at radius 2 is 1.79 bits per heavy atom. The molecule has 1 unspecified atom stereocenters. The topological polar surface area (TPSA) is 104 Å². The van der Waals surface area contributed by atoms with Crippen LogP contribution < -0.4 is 0 Å². The monoisotopic (exact) mass is 337 g/mol. The molecule has 0 radical (unpaired) electrons. The lowest BCUT2D eigenvalue weighted by Gasteiger charge is -2.44. The van der Waals surface area contributed by atoms with Gasteiger partial charge in [-0.3, -0.25) is 19.3 Å². The van der Waals surface area contributed by atoms with Crippen molar-refractivity contribution in [2.24, 2.45) is 23.7 Å². The van der Waals surface area contributed by atoms with Gasteiger partial charge in [-0.05, 0) is 25.7 Å². The van der Waals surface area contributed by atoms with E-state index in [1.165, 1.54) is 4.90 Å². The number of rotatable bonds is 2. The lowest BCUT2D eigenvalue weighted by Crippen LogP contribution is -2.54. The van der Waals surface area contributed by atoms with Gasteiger partial charge >= 0.3 is 0 Å². The molecular formula is C17H23NO6.